The molecule has 9 rings (SSSR count). The van der Waals surface area contributed by atoms with Crippen LogP contribution in [0.3, 0.4) is 0 Å². The molecule has 3 aliphatic rings. The number of benzene rings is 4. The summed E-state index contributed by atoms with van der Waals surface area (Å²) in [5.41, 5.74) is 8.68. The molecule has 63 heavy (non-hydrogen) atoms. The van der Waals surface area contributed by atoms with Gasteiger partial charge in [-0.3, -0.25) is 14.5 Å². The number of carbonyl (C=O) groups is 4. The molecule has 0 bridgehead atoms. The van der Waals surface area contributed by atoms with Gasteiger partial charge < -0.3 is 35.0 Å². The molecule has 5 heterocycles. The van der Waals surface area contributed by atoms with Gasteiger partial charge >= 0.3 is 12.2 Å². The molecule has 320 valence electrons. The fourth-order valence-electron chi connectivity index (χ4n) is 9.24. The maximum Gasteiger partial charge on any atom is 0.407 e. The highest BCUT2D eigenvalue weighted by molar-refractivity contribution is 6.02. The van der Waals surface area contributed by atoms with Gasteiger partial charge in [-0.1, -0.05) is 80.6 Å². The second kappa shape index (κ2) is 16.8. The molecule has 15 nitrogen and oxygen atoms in total. The van der Waals surface area contributed by atoms with Gasteiger partial charge in [-0.05, 0) is 75.9 Å². The number of rotatable bonds is 9. The molecule has 1 saturated heterocycles. The van der Waals surface area contributed by atoms with Crippen LogP contribution in [0.15, 0.2) is 91.3 Å². The summed E-state index contributed by atoms with van der Waals surface area (Å²) in [6.07, 6.45) is 4.41. The third-order valence-electron chi connectivity index (χ3n) is 12.5. The highest BCUT2D eigenvalue weighted by Gasteiger charge is 2.44. The lowest BCUT2D eigenvalue weighted by Crippen LogP contribution is -2.51. The van der Waals surface area contributed by atoms with Gasteiger partial charge in [0, 0.05) is 18.5 Å². The monoisotopic (exact) mass is 845 g/mol. The predicted molar refractivity (Wildman–Crippen MR) is 235 cm³/mol. The van der Waals surface area contributed by atoms with Crippen molar-refractivity contribution in [2.45, 2.75) is 63.7 Å². The fraction of sp³-hybridized carbons (Fsp3) is 0.312. The van der Waals surface area contributed by atoms with Gasteiger partial charge in [0.25, 0.3) is 0 Å². The number of hydrogen-bond acceptors (Lipinski definition) is 9. The molecule has 4 aromatic carbocycles. The van der Waals surface area contributed by atoms with Crippen molar-refractivity contribution < 1.29 is 28.7 Å². The Balaban J connectivity index is 0.904. The van der Waals surface area contributed by atoms with Crippen LogP contribution < -0.4 is 15.5 Å². The largest absolute Gasteiger partial charge is 0.453 e. The van der Waals surface area contributed by atoms with E-state index in [1.54, 1.807) is 22.2 Å². The summed E-state index contributed by atoms with van der Waals surface area (Å²) in [5, 5.41) is 17.3. The molecular formula is C48H47N9O6. The number of anilines is 1. The lowest BCUT2D eigenvalue weighted by Gasteiger charge is -2.29. The van der Waals surface area contributed by atoms with Crippen LogP contribution in [0, 0.1) is 23.2 Å². The minimum absolute atomic E-state index is 0.178. The molecule has 5 atom stereocenters. The lowest BCUT2D eigenvalue weighted by atomic mass is 9.98. The van der Waals surface area contributed by atoms with E-state index in [1.165, 1.54) is 14.2 Å². The molecular weight excluding hydrogens is 799 g/mol. The van der Waals surface area contributed by atoms with Crippen LogP contribution in [0.5, 0.6) is 0 Å². The molecule has 15 heteroatoms. The molecule has 4 amide bonds. The van der Waals surface area contributed by atoms with Crippen molar-refractivity contribution in [3.63, 3.8) is 0 Å². The van der Waals surface area contributed by atoms with E-state index in [9.17, 15) is 24.4 Å². The summed E-state index contributed by atoms with van der Waals surface area (Å²) < 4.78 is 9.58. The second-order valence-electron chi connectivity index (χ2n) is 16.7. The van der Waals surface area contributed by atoms with Gasteiger partial charge in [0.05, 0.1) is 67.8 Å². The van der Waals surface area contributed by atoms with E-state index >= 15 is 0 Å². The molecule has 0 spiro atoms. The van der Waals surface area contributed by atoms with Crippen LogP contribution in [-0.2, 0) is 31.9 Å². The molecule has 4 N–H and O–H groups in total. The number of ether oxygens (including phenoxy) is 2. The first-order chi connectivity index (χ1) is 30.5. The first kappa shape index (κ1) is 40.9. The number of imidazole rings is 2. The standard InChI is InChI=1S/C48H47N9O6/c1-26(2)41(55-48(61)63-4)46(59)56-25-27(22-49)18-39(56)43-50-24-38(53-43)34-15-14-32-19-31(12-13-33(32)20-34)28-8-10-29(11-9-28)37-23-51-44(52-37)40-21-35-7-5-6-30-16-17-36(54-47(60)62-3)45(58)57(40)42(30)35/h5-15,19-20,23-24,26-27,36,39-41H,16-18,21,25H2,1-4H3,(H,50,53)(H,51,52)(H,54,60)(H,55,61)/t27-,36+,39+,40+,41+/m1/s1. The minimum atomic E-state index is -0.812. The third kappa shape index (κ3) is 7.73. The number of aryl methyl sites for hydroxylation is 1. The number of nitriles is 1. The van der Waals surface area contributed by atoms with E-state index in [1.807, 2.05) is 32.0 Å². The number of carbonyl (C=O) groups excluding carboxylic acids is 4. The number of likely N-dealkylation sites (tertiary alicyclic amines) is 1. The zero-order valence-corrected chi connectivity index (χ0v) is 35.3. The van der Waals surface area contributed by atoms with Gasteiger partial charge in [-0.2, -0.15) is 5.26 Å². The Hall–Kier alpha value is -7.47. The Morgan fingerprint density at radius 2 is 1.43 bits per heavy atom. The molecule has 6 aromatic rings. The number of aromatic amines is 2. The fourth-order valence-corrected chi connectivity index (χ4v) is 9.24. The zero-order valence-electron chi connectivity index (χ0n) is 35.3. The van der Waals surface area contributed by atoms with Crippen LogP contribution in [-0.4, -0.2) is 81.7 Å². The highest BCUT2D eigenvalue weighted by Crippen LogP contribution is 2.45. The summed E-state index contributed by atoms with van der Waals surface area (Å²) in [6.45, 7) is 3.94. The number of hydrogen-bond donors (Lipinski definition) is 4. The Morgan fingerprint density at radius 1 is 0.810 bits per heavy atom. The number of H-pyrrole nitrogens is 2. The lowest BCUT2D eigenvalue weighted by molar-refractivity contribution is -0.135. The summed E-state index contributed by atoms with van der Waals surface area (Å²) >= 11 is 0. The van der Waals surface area contributed by atoms with Gasteiger partial charge in [-0.15, -0.1) is 0 Å². The quantitative estimate of drug-likeness (QED) is 0.115. The maximum atomic E-state index is 14.0. The molecule has 1 fully saturated rings. The molecule has 2 aromatic heterocycles. The van der Waals surface area contributed by atoms with E-state index in [0.29, 0.717) is 37.3 Å². The Bertz CT molecular complexity index is 2790. The molecule has 0 saturated carbocycles. The van der Waals surface area contributed by atoms with Gasteiger partial charge in [-0.25, -0.2) is 19.6 Å². The van der Waals surface area contributed by atoms with Crippen molar-refractivity contribution in [1.82, 2.24) is 35.5 Å². The zero-order chi connectivity index (χ0) is 43.9. The summed E-state index contributed by atoms with van der Waals surface area (Å²) in [5.74, 6) is 0.234. The smallest absolute Gasteiger partial charge is 0.407 e. The minimum Gasteiger partial charge on any atom is -0.453 e. The van der Waals surface area contributed by atoms with E-state index < -0.39 is 30.3 Å². The van der Waals surface area contributed by atoms with E-state index in [-0.39, 0.29) is 36.2 Å². The maximum absolute atomic E-state index is 14.0. The SMILES string of the molecule is COC(=O)N[C@H]1CCc2cccc3c2N(C1=O)[C@H](c1ncc(-c2ccc(-c4ccc5cc(-c6cnc([C@@H]7C[C@H](C#N)CN7C(=O)[C@@H](NC(=O)OC)C(C)C)[nH]6)ccc5c4)cc2)[nH]1)C3. The van der Waals surface area contributed by atoms with Crippen LogP contribution in [0.25, 0.3) is 44.4 Å². The van der Waals surface area contributed by atoms with Crippen molar-refractivity contribution in [2.24, 2.45) is 11.8 Å². The van der Waals surface area contributed by atoms with Crippen LogP contribution >= 0.6 is 0 Å². The van der Waals surface area contributed by atoms with Crippen LogP contribution in [0.1, 0.15) is 61.5 Å². The first-order valence-corrected chi connectivity index (χ1v) is 21.1. The average molecular weight is 846 g/mol. The Labute approximate surface area is 363 Å². The summed E-state index contributed by atoms with van der Waals surface area (Å²) in [4.78, 5) is 71.7. The number of methoxy groups -OCH3 is 2. The summed E-state index contributed by atoms with van der Waals surface area (Å²) in [7, 11) is 2.55. The number of nitrogens with zero attached hydrogens (tertiary/aromatic N) is 5. The first-order valence-electron chi connectivity index (χ1n) is 21.1. The Kier molecular flexibility index (Phi) is 10.9. The predicted octanol–water partition coefficient (Wildman–Crippen LogP) is 7.38. The van der Waals surface area contributed by atoms with Crippen LogP contribution in [0.4, 0.5) is 15.3 Å². The van der Waals surface area contributed by atoms with Gasteiger partial charge in [0.1, 0.15) is 23.7 Å². The molecule has 3 aliphatic heterocycles. The third-order valence-corrected chi connectivity index (χ3v) is 12.5. The van der Waals surface area contributed by atoms with Crippen molar-refractivity contribution >= 4 is 40.5 Å². The van der Waals surface area contributed by atoms with Gasteiger partial charge in [0.15, 0.2) is 0 Å². The van der Waals surface area contributed by atoms with Crippen molar-refractivity contribution in [1.29, 1.82) is 5.26 Å². The van der Waals surface area contributed by atoms with Crippen molar-refractivity contribution in [3.8, 4) is 39.7 Å². The van der Waals surface area contributed by atoms with E-state index in [4.69, 9.17) is 14.5 Å². The number of nitrogens with one attached hydrogen (secondary N) is 4. The average Bonchev–Trinajstić information content (AvgIpc) is 4.13. The van der Waals surface area contributed by atoms with E-state index in [0.717, 1.165) is 61.2 Å². The van der Waals surface area contributed by atoms with Crippen molar-refractivity contribution in [2.75, 3.05) is 25.7 Å². The van der Waals surface area contributed by atoms with Crippen molar-refractivity contribution in [3.05, 3.63) is 114 Å². The number of aromatic nitrogens is 4. The van der Waals surface area contributed by atoms with Crippen LogP contribution in [0.2, 0.25) is 0 Å². The molecule has 0 radical (unpaired) electrons. The molecule has 0 aliphatic carbocycles. The topological polar surface area (TPSA) is 198 Å². The number of para-hydroxylation sites is 1. The second-order valence-corrected chi connectivity index (χ2v) is 16.7. The van der Waals surface area contributed by atoms with E-state index in [2.05, 4.69) is 92.3 Å². The Morgan fingerprint density at radius 3 is 2.11 bits per heavy atom. The normalized spacial score (nSPS) is 19.7. The number of fused-ring (bicyclic) bond motifs is 1. The highest BCUT2D eigenvalue weighted by atomic mass is 16.5. The number of alkyl carbamates (subject to hydrolysis) is 2. The van der Waals surface area contributed by atoms with Gasteiger partial charge in [0.2, 0.25) is 11.8 Å². The number of amides is 4. The molecule has 0 unspecified atom stereocenters. The summed E-state index contributed by atoms with van der Waals surface area (Å²) in [6, 6.07) is 26.9.